The van der Waals surface area contributed by atoms with Gasteiger partial charge in [0.05, 0.1) is 29.6 Å². The molecule has 3 heterocycles. The van der Waals surface area contributed by atoms with E-state index in [0.29, 0.717) is 35.6 Å². The van der Waals surface area contributed by atoms with E-state index in [1.807, 2.05) is 42.5 Å². The molecule has 0 aliphatic carbocycles. The van der Waals surface area contributed by atoms with Gasteiger partial charge < -0.3 is 9.32 Å². The molecular weight excluding hydrogens is 417 g/mol. The normalized spacial score (nSPS) is 10.9. The molecule has 0 fully saturated rings. The van der Waals surface area contributed by atoms with E-state index in [0.717, 1.165) is 16.5 Å². The lowest BCUT2D eigenvalue weighted by Crippen LogP contribution is -2.30. The van der Waals surface area contributed by atoms with Crippen LogP contribution in [-0.2, 0) is 13.1 Å². The van der Waals surface area contributed by atoms with Gasteiger partial charge in [-0.05, 0) is 60.2 Å². The summed E-state index contributed by atoms with van der Waals surface area (Å²) < 4.78 is 19.0. The number of amides is 1. The molecular formula is C27H20FN3O2. The number of carbonyl (C=O) groups excluding carboxylic acids is 1. The fourth-order valence-corrected chi connectivity index (χ4v) is 3.79. The Balaban J connectivity index is 1.59. The molecule has 1 amide bonds. The van der Waals surface area contributed by atoms with E-state index in [2.05, 4.69) is 4.98 Å². The smallest absolute Gasteiger partial charge is 0.255 e. The zero-order valence-electron chi connectivity index (χ0n) is 17.7. The zero-order valence-corrected chi connectivity index (χ0v) is 17.7. The maximum Gasteiger partial charge on any atom is 0.255 e. The van der Waals surface area contributed by atoms with Crippen molar-refractivity contribution in [2.75, 3.05) is 0 Å². The van der Waals surface area contributed by atoms with Gasteiger partial charge in [-0.1, -0.05) is 24.3 Å². The monoisotopic (exact) mass is 437 g/mol. The van der Waals surface area contributed by atoms with Gasteiger partial charge in [0.25, 0.3) is 5.91 Å². The Morgan fingerprint density at radius 3 is 2.55 bits per heavy atom. The van der Waals surface area contributed by atoms with Crippen molar-refractivity contribution in [2.45, 2.75) is 13.1 Å². The molecule has 0 N–H and O–H groups in total. The van der Waals surface area contributed by atoms with E-state index in [4.69, 9.17) is 9.40 Å². The van der Waals surface area contributed by atoms with Crippen molar-refractivity contribution < 1.29 is 13.6 Å². The van der Waals surface area contributed by atoms with Crippen LogP contribution in [0.2, 0.25) is 0 Å². The van der Waals surface area contributed by atoms with E-state index >= 15 is 0 Å². The summed E-state index contributed by atoms with van der Waals surface area (Å²) in [7, 11) is 0. The third-order valence-electron chi connectivity index (χ3n) is 5.40. The van der Waals surface area contributed by atoms with E-state index < -0.39 is 0 Å². The lowest BCUT2D eigenvalue weighted by molar-refractivity contribution is 0.0719. The molecule has 2 aromatic carbocycles. The van der Waals surface area contributed by atoms with Gasteiger partial charge in [-0.2, -0.15) is 0 Å². The van der Waals surface area contributed by atoms with Gasteiger partial charge in [0.2, 0.25) is 0 Å². The Labute approximate surface area is 190 Å². The van der Waals surface area contributed by atoms with Crippen LogP contribution < -0.4 is 0 Å². The number of furan rings is 1. The molecule has 0 saturated heterocycles. The number of para-hydroxylation sites is 1. The SMILES string of the molecule is O=C(c1cc(-c2ccc(F)cc2)nc2ccccc12)N(Cc1cccnc1)Cc1ccco1. The third kappa shape index (κ3) is 4.50. The maximum absolute atomic E-state index is 13.9. The number of halogens is 1. The number of hydrogen-bond donors (Lipinski definition) is 0. The van der Waals surface area contributed by atoms with Crippen LogP contribution >= 0.6 is 0 Å². The predicted octanol–water partition coefficient (Wildman–Crippen LogP) is 5.87. The van der Waals surface area contributed by atoms with Gasteiger partial charge in [0.15, 0.2) is 0 Å². The number of carbonyl (C=O) groups is 1. The Morgan fingerprint density at radius 2 is 1.79 bits per heavy atom. The second-order valence-corrected chi connectivity index (χ2v) is 7.68. The second kappa shape index (κ2) is 9.04. The second-order valence-electron chi connectivity index (χ2n) is 7.68. The number of fused-ring (bicyclic) bond motifs is 1. The predicted molar refractivity (Wildman–Crippen MR) is 124 cm³/mol. The van der Waals surface area contributed by atoms with Gasteiger partial charge in [-0.25, -0.2) is 9.37 Å². The number of nitrogens with zero attached hydrogens (tertiary/aromatic N) is 3. The van der Waals surface area contributed by atoms with E-state index in [-0.39, 0.29) is 11.7 Å². The van der Waals surface area contributed by atoms with E-state index in [1.165, 1.54) is 12.1 Å². The third-order valence-corrected chi connectivity index (χ3v) is 5.40. The fraction of sp³-hybridized carbons (Fsp3) is 0.0741. The van der Waals surface area contributed by atoms with Crippen molar-refractivity contribution in [3.8, 4) is 11.3 Å². The quantitative estimate of drug-likeness (QED) is 0.333. The van der Waals surface area contributed by atoms with Crippen LogP contribution in [-0.4, -0.2) is 20.8 Å². The Kier molecular flexibility index (Phi) is 5.64. The van der Waals surface area contributed by atoms with Crippen molar-refractivity contribution in [1.29, 1.82) is 0 Å². The highest BCUT2D eigenvalue weighted by atomic mass is 19.1. The topological polar surface area (TPSA) is 59.2 Å². The van der Waals surface area contributed by atoms with Crippen molar-refractivity contribution in [3.63, 3.8) is 0 Å². The van der Waals surface area contributed by atoms with Gasteiger partial charge in [0, 0.05) is 29.9 Å². The molecule has 0 aliphatic rings. The molecule has 0 aliphatic heterocycles. The molecule has 0 unspecified atom stereocenters. The molecule has 3 aromatic heterocycles. The van der Waals surface area contributed by atoms with Gasteiger partial charge >= 0.3 is 0 Å². The Hall–Kier alpha value is -4.32. The number of benzene rings is 2. The van der Waals surface area contributed by atoms with Crippen molar-refractivity contribution in [1.82, 2.24) is 14.9 Å². The van der Waals surface area contributed by atoms with Crippen molar-refractivity contribution in [3.05, 3.63) is 120 Å². The molecule has 0 bridgehead atoms. The van der Waals surface area contributed by atoms with Gasteiger partial charge in [-0.15, -0.1) is 0 Å². The lowest BCUT2D eigenvalue weighted by Gasteiger charge is -2.23. The summed E-state index contributed by atoms with van der Waals surface area (Å²) in [5, 5.41) is 0.754. The van der Waals surface area contributed by atoms with Crippen LogP contribution in [0, 0.1) is 5.82 Å². The first-order chi connectivity index (χ1) is 16.2. The fourth-order valence-electron chi connectivity index (χ4n) is 3.79. The summed E-state index contributed by atoms with van der Waals surface area (Å²) in [6.07, 6.45) is 5.04. The molecule has 0 saturated carbocycles. The Bertz CT molecular complexity index is 1380. The van der Waals surface area contributed by atoms with Crippen molar-refractivity contribution in [2.24, 2.45) is 0 Å². The number of pyridine rings is 2. The highest BCUT2D eigenvalue weighted by Crippen LogP contribution is 2.27. The van der Waals surface area contributed by atoms with Gasteiger partial charge in [-0.3, -0.25) is 9.78 Å². The number of rotatable bonds is 6. The van der Waals surface area contributed by atoms with Crippen molar-refractivity contribution >= 4 is 16.8 Å². The van der Waals surface area contributed by atoms with E-state index in [9.17, 15) is 9.18 Å². The van der Waals surface area contributed by atoms with E-state index in [1.54, 1.807) is 47.8 Å². The molecule has 0 spiro atoms. The lowest BCUT2D eigenvalue weighted by atomic mass is 10.0. The first kappa shape index (κ1) is 20.6. The highest BCUT2D eigenvalue weighted by Gasteiger charge is 2.21. The standard InChI is InChI=1S/C27H20FN3O2/c28-21-11-9-20(10-12-21)26-15-24(23-7-1-2-8-25(23)30-26)27(32)31(18-22-6-4-14-33-22)17-19-5-3-13-29-16-19/h1-16H,17-18H2. The molecule has 5 rings (SSSR count). The summed E-state index contributed by atoms with van der Waals surface area (Å²) in [5.74, 6) is 0.207. The molecule has 5 nitrogen and oxygen atoms in total. The Morgan fingerprint density at radius 1 is 0.939 bits per heavy atom. The highest BCUT2D eigenvalue weighted by molar-refractivity contribution is 6.07. The van der Waals surface area contributed by atoms with Crippen LogP contribution in [0.3, 0.4) is 0 Å². The zero-order chi connectivity index (χ0) is 22.6. The van der Waals surface area contributed by atoms with Crippen LogP contribution in [0.15, 0.2) is 102 Å². The summed E-state index contributed by atoms with van der Waals surface area (Å²) in [6, 6.07) is 22.8. The minimum atomic E-state index is -0.322. The first-order valence-corrected chi connectivity index (χ1v) is 10.5. The van der Waals surface area contributed by atoms with Crippen LogP contribution in [0.25, 0.3) is 22.2 Å². The maximum atomic E-state index is 13.9. The molecule has 162 valence electrons. The average Bonchev–Trinajstić information content (AvgIpc) is 3.37. The molecule has 33 heavy (non-hydrogen) atoms. The van der Waals surface area contributed by atoms with Crippen LogP contribution in [0.1, 0.15) is 21.7 Å². The van der Waals surface area contributed by atoms with Gasteiger partial charge in [0.1, 0.15) is 11.6 Å². The largest absolute Gasteiger partial charge is 0.467 e. The molecule has 0 atom stereocenters. The summed E-state index contributed by atoms with van der Waals surface area (Å²) in [5.41, 5.74) is 3.48. The van der Waals surface area contributed by atoms with Crippen LogP contribution in [0.4, 0.5) is 4.39 Å². The average molecular weight is 437 g/mol. The summed E-state index contributed by atoms with van der Waals surface area (Å²) in [6.45, 7) is 0.680. The minimum absolute atomic E-state index is 0.155. The summed E-state index contributed by atoms with van der Waals surface area (Å²) >= 11 is 0. The number of aromatic nitrogens is 2. The molecule has 0 radical (unpaired) electrons. The first-order valence-electron chi connectivity index (χ1n) is 10.5. The molecule has 5 aromatic rings. The minimum Gasteiger partial charge on any atom is -0.467 e. The molecule has 6 heteroatoms. The summed E-state index contributed by atoms with van der Waals surface area (Å²) in [4.78, 5) is 24.5. The van der Waals surface area contributed by atoms with Crippen LogP contribution in [0.5, 0.6) is 0 Å². The number of hydrogen-bond acceptors (Lipinski definition) is 4.